The van der Waals surface area contributed by atoms with E-state index in [0.717, 1.165) is 22.5 Å². The number of aromatic nitrogens is 4. The van der Waals surface area contributed by atoms with Gasteiger partial charge < -0.3 is 10.3 Å². The van der Waals surface area contributed by atoms with Crippen LogP contribution >= 0.6 is 11.8 Å². The van der Waals surface area contributed by atoms with E-state index in [1.807, 2.05) is 25.1 Å². The summed E-state index contributed by atoms with van der Waals surface area (Å²) in [5.41, 5.74) is 2.81. The van der Waals surface area contributed by atoms with Gasteiger partial charge in [0.05, 0.1) is 5.56 Å². The second-order valence-corrected chi connectivity index (χ2v) is 7.35. The summed E-state index contributed by atoms with van der Waals surface area (Å²) in [6.45, 7) is 2.35. The topological polar surface area (TPSA) is 66.5 Å². The van der Waals surface area contributed by atoms with Gasteiger partial charge in [-0.2, -0.15) is 13.2 Å². The normalized spacial score (nSPS) is 12.0. The van der Waals surface area contributed by atoms with Gasteiger partial charge in [0.25, 0.3) is 0 Å². The Kier molecular flexibility index (Phi) is 4.84. The molecule has 4 rings (SSSR count). The van der Waals surface area contributed by atoms with Crippen molar-refractivity contribution < 1.29 is 13.2 Å². The summed E-state index contributed by atoms with van der Waals surface area (Å²) in [4.78, 5) is 7.69. The van der Waals surface area contributed by atoms with Crippen molar-refractivity contribution in [3.05, 3.63) is 53.6 Å². The molecule has 0 radical (unpaired) electrons. The molecule has 2 heterocycles. The van der Waals surface area contributed by atoms with E-state index in [2.05, 4.69) is 25.5 Å². The molecule has 144 valence electrons. The highest BCUT2D eigenvalue weighted by molar-refractivity contribution is 7.99. The maximum atomic E-state index is 13.0. The summed E-state index contributed by atoms with van der Waals surface area (Å²) in [6, 6.07) is 11.4. The molecule has 2 N–H and O–H groups in total. The number of H-pyrrole nitrogens is 1. The van der Waals surface area contributed by atoms with E-state index in [1.165, 1.54) is 23.9 Å². The molecule has 0 aliphatic rings. The third kappa shape index (κ3) is 3.75. The standard InChI is InChI=1S/C19H16F3N5S/c1-11-6-7-14-12(10-11)16-17(24-14)25-18(27-26-16)28-9-8-23-15-5-3-2-4-13(15)19(20,21)22/h2-7,10,23H,8-9H2,1H3,(H,24,25,27). The average Bonchev–Trinajstić information content (AvgIpc) is 3.02. The van der Waals surface area contributed by atoms with Crippen LogP contribution in [0.5, 0.6) is 0 Å². The molecule has 0 spiro atoms. The van der Waals surface area contributed by atoms with Crippen LogP contribution in [0, 0.1) is 6.92 Å². The molecule has 28 heavy (non-hydrogen) atoms. The number of hydrogen-bond donors (Lipinski definition) is 2. The Hall–Kier alpha value is -2.81. The van der Waals surface area contributed by atoms with Crippen molar-refractivity contribution in [2.24, 2.45) is 0 Å². The number of para-hydroxylation sites is 1. The maximum Gasteiger partial charge on any atom is 0.418 e. The summed E-state index contributed by atoms with van der Waals surface area (Å²) in [5.74, 6) is 0.499. The monoisotopic (exact) mass is 403 g/mol. The fourth-order valence-electron chi connectivity index (χ4n) is 2.94. The summed E-state index contributed by atoms with van der Waals surface area (Å²) < 4.78 is 39.0. The van der Waals surface area contributed by atoms with Gasteiger partial charge in [0.1, 0.15) is 5.52 Å². The summed E-state index contributed by atoms with van der Waals surface area (Å²) in [6.07, 6.45) is -4.39. The minimum absolute atomic E-state index is 0.0658. The number of nitrogens with zero attached hydrogens (tertiary/aromatic N) is 3. The Bertz CT molecular complexity index is 1140. The number of alkyl halides is 3. The molecular formula is C19H16F3N5S. The van der Waals surface area contributed by atoms with Gasteiger partial charge in [-0.3, -0.25) is 0 Å². The van der Waals surface area contributed by atoms with Crippen LogP contribution in [0.4, 0.5) is 18.9 Å². The van der Waals surface area contributed by atoms with Crippen LogP contribution in [-0.2, 0) is 6.18 Å². The highest BCUT2D eigenvalue weighted by Crippen LogP contribution is 2.34. The highest BCUT2D eigenvalue weighted by atomic mass is 32.2. The van der Waals surface area contributed by atoms with Crippen molar-refractivity contribution in [3.63, 3.8) is 0 Å². The van der Waals surface area contributed by atoms with Gasteiger partial charge in [-0.1, -0.05) is 35.5 Å². The molecule has 0 saturated carbocycles. The molecule has 0 aliphatic heterocycles. The second kappa shape index (κ2) is 7.31. The lowest BCUT2D eigenvalue weighted by atomic mass is 10.1. The maximum absolute atomic E-state index is 13.0. The molecule has 5 nitrogen and oxygen atoms in total. The van der Waals surface area contributed by atoms with Gasteiger partial charge in [0.2, 0.25) is 5.16 Å². The van der Waals surface area contributed by atoms with Crippen molar-refractivity contribution in [1.82, 2.24) is 20.2 Å². The van der Waals surface area contributed by atoms with Crippen molar-refractivity contribution in [2.45, 2.75) is 18.3 Å². The van der Waals surface area contributed by atoms with E-state index in [1.54, 1.807) is 6.07 Å². The highest BCUT2D eigenvalue weighted by Gasteiger charge is 2.32. The first-order valence-electron chi connectivity index (χ1n) is 8.57. The van der Waals surface area contributed by atoms with Crippen LogP contribution < -0.4 is 5.32 Å². The molecule has 0 atom stereocenters. The summed E-state index contributed by atoms with van der Waals surface area (Å²) in [7, 11) is 0. The van der Waals surface area contributed by atoms with Crippen molar-refractivity contribution >= 4 is 39.5 Å². The predicted molar refractivity (Wildman–Crippen MR) is 105 cm³/mol. The molecule has 0 fully saturated rings. The van der Waals surface area contributed by atoms with E-state index < -0.39 is 11.7 Å². The van der Waals surface area contributed by atoms with Crippen LogP contribution in [0.25, 0.3) is 22.1 Å². The molecule has 0 aliphatic carbocycles. The van der Waals surface area contributed by atoms with Crippen LogP contribution in [0.2, 0.25) is 0 Å². The Labute approximate surface area is 162 Å². The first kappa shape index (κ1) is 18.5. The summed E-state index contributed by atoms with van der Waals surface area (Å²) in [5, 5.41) is 12.7. The Morgan fingerprint density at radius 1 is 1.11 bits per heavy atom. The number of hydrogen-bond acceptors (Lipinski definition) is 5. The molecule has 2 aromatic heterocycles. The minimum atomic E-state index is -4.39. The molecule has 0 unspecified atom stereocenters. The van der Waals surface area contributed by atoms with Crippen LogP contribution in [0.15, 0.2) is 47.6 Å². The van der Waals surface area contributed by atoms with E-state index in [4.69, 9.17) is 0 Å². The smallest absolute Gasteiger partial charge is 0.384 e. The number of halogens is 3. The number of fused-ring (bicyclic) bond motifs is 3. The van der Waals surface area contributed by atoms with Crippen molar-refractivity contribution in [3.8, 4) is 0 Å². The minimum Gasteiger partial charge on any atom is -0.384 e. The summed E-state index contributed by atoms with van der Waals surface area (Å²) >= 11 is 1.33. The van der Waals surface area contributed by atoms with Gasteiger partial charge in [0, 0.05) is 28.9 Å². The molecular weight excluding hydrogens is 387 g/mol. The Morgan fingerprint density at radius 2 is 1.93 bits per heavy atom. The molecule has 0 amide bonds. The van der Waals surface area contributed by atoms with E-state index in [0.29, 0.717) is 28.6 Å². The lowest BCUT2D eigenvalue weighted by Crippen LogP contribution is -2.12. The average molecular weight is 403 g/mol. The Balaban J connectivity index is 1.43. The van der Waals surface area contributed by atoms with Gasteiger partial charge in [0.15, 0.2) is 5.65 Å². The largest absolute Gasteiger partial charge is 0.418 e. The third-order valence-corrected chi connectivity index (χ3v) is 5.07. The van der Waals surface area contributed by atoms with Crippen LogP contribution in [0.1, 0.15) is 11.1 Å². The zero-order valence-corrected chi connectivity index (χ0v) is 15.7. The quantitative estimate of drug-likeness (QED) is 0.361. The van der Waals surface area contributed by atoms with Crippen molar-refractivity contribution in [2.75, 3.05) is 17.6 Å². The number of thioether (sulfide) groups is 1. The number of aryl methyl sites for hydroxylation is 1. The molecule has 4 aromatic rings. The fraction of sp³-hybridized carbons (Fsp3) is 0.211. The number of nitrogens with one attached hydrogen (secondary N) is 2. The number of rotatable bonds is 5. The van der Waals surface area contributed by atoms with Gasteiger partial charge in [-0.15, -0.1) is 10.2 Å². The van der Waals surface area contributed by atoms with Crippen LogP contribution in [-0.4, -0.2) is 32.5 Å². The number of benzene rings is 2. The van der Waals surface area contributed by atoms with E-state index in [9.17, 15) is 13.2 Å². The van der Waals surface area contributed by atoms with E-state index in [-0.39, 0.29) is 5.69 Å². The van der Waals surface area contributed by atoms with E-state index >= 15 is 0 Å². The third-order valence-electron chi connectivity index (χ3n) is 4.23. The lowest BCUT2D eigenvalue weighted by Gasteiger charge is -2.13. The van der Waals surface area contributed by atoms with Gasteiger partial charge >= 0.3 is 6.18 Å². The van der Waals surface area contributed by atoms with Gasteiger partial charge in [-0.05, 0) is 31.2 Å². The fourth-order valence-corrected chi connectivity index (χ4v) is 3.58. The number of anilines is 1. The number of aromatic amines is 1. The first-order chi connectivity index (χ1) is 13.4. The van der Waals surface area contributed by atoms with Crippen molar-refractivity contribution in [1.29, 1.82) is 0 Å². The zero-order valence-electron chi connectivity index (χ0n) is 14.8. The van der Waals surface area contributed by atoms with Crippen LogP contribution in [0.3, 0.4) is 0 Å². The first-order valence-corrected chi connectivity index (χ1v) is 9.56. The molecule has 2 aromatic carbocycles. The predicted octanol–water partition coefficient (Wildman–Crippen LogP) is 5.04. The molecule has 0 saturated heterocycles. The molecule has 0 bridgehead atoms. The zero-order chi connectivity index (χ0) is 19.7. The second-order valence-electron chi connectivity index (χ2n) is 6.28. The Morgan fingerprint density at radius 3 is 2.75 bits per heavy atom. The SMILES string of the molecule is Cc1ccc2[nH]c3nc(SCCNc4ccccc4C(F)(F)F)nnc3c2c1. The lowest BCUT2D eigenvalue weighted by molar-refractivity contribution is -0.136. The van der Waals surface area contributed by atoms with Gasteiger partial charge in [-0.25, -0.2) is 4.98 Å². The molecule has 9 heteroatoms.